The van der Waals surface area contributed by atoms with E-state index in [-0.39, 0.29) is 12.5 Å². The molecule has 1 aliphatic rings. The molecule has 2 heterocycles. The van der Waals surface area contributed by atoms with E-state index < -0.39 is 5.91 Å². The highest BCUT2D eigenvalue weighted by atomic mass is 32.1. The van der Waals surface area contributed by atoms with Crippen LogP contribution in [0, 0.1) is 0 Å². The molecule has 4 N–H and O–H groups in total. The first kappa shape index (κ1) is 13.4. The molecule has 7 heteroatoms. The Hall–Kier alpha value is -2.54. The van der Waals surface area contributed by atoms with Crippen LogP contribution >= 0.6 is 11.3 Å². The van der Waals surface area contributed by atoms with Crippen LogP contribution in [0.25, 0.3) is 0 Å². The van der Waals surface area contributed by atoms with Gasteiger partial charge in [-0.2, -0.15) is 0 Å². The molecule has 0 radical (unpaired) electrons. The SMILES string of the molecule is NC(=O)c1csc(CNc2ccc3c(c2)NC(=O)CO3)c1. The van der Waals surface area contributed by atoms with Crippen molar-refractivity contribution in [2.75, 3.05) is 17.2 Å². The Balaban J connectivity index is 1.69. The molecule has 0 spiro atoms. The number of fused-ring (bicyclic) bond motifs is 1. The Morgan fingerprint density at radius 1 is 1.43 bits per heavy atom. The lowest BCUT2D eigenvalue weighted by Gasteiger charge is -2.18. The van der Waals surface area contributed by atoms with Gasteiger partial charge in [0.1, 0.15) is 5.75 Å². The minimum Gasteiger partial charge on any atom is -0.482 e. The molecular weight excluding hydrogens is 290 g/mol. The number of amides is 2. The third kappa shape index (κ3) is 2.97. The monoisotopic (exact) mass is 303 g/mol. The number of thiophene rings is 1. The minimum atomic E-state index is -0.425. The summed E-state index contributed by atoms with van der Waals surface area (Å²) in [4.78, 5) is 23.3. The second kappa shape index (κ2) is 5.45. The van der Waals surface area contributed by atoms with Crippen molar-refractivity contribution in [1.82, 2.24) is 0 Å². The van der Waals surface area contributed by atoms with E-state index in [4.69, 9.17) is 10.5 Å². The van der Waals surface area contributed by atoms with E-state index in [1.807, 2.05) is 12.1 Å². The van der Waals surface area contributed by atoms with Crippen LogP contribution in [0.3, 0.4) is 0 Å². The van der Waals surface area contributed by atoms with Crippen molar-refractivity contribution >= 4 is 34.5 Å². The summed E-state index contributed by atoms with van der Waals surface area (Å²) in [5.41, 5.74) is 7.24. The Kier molecular flexibility index (Phi) is 3.49. The fraction of sp³-hybridized carbons (Fsp3) is 0.143. The zero-order valence-corrected chi connectivity index (χ0v) is 11.8. The smallest absolute Gasteiger partial charge is 0.262 e. The summed E-state index contributed by atoms with van der Waals surface area (Å²) in [5.74, 6) is 0.0717. The maximum absolute atomic E-state index is 11.3. The topological polar surface area (TPSA) is 93.5 Å². The molecule has 0 fully saturated rings. The number of nitrogens with two attached hydrogens (primary N) is 1. The summed E-state index contributed by atoms with van der Waals surface area (Å²) in [6.45, 7) is 0.621. The molecule has 0 unspecified atom stereocenters. The highest BCUT2D eigenvalue weighted by Gasteiger charge is 2.15. The fourth-order valence-electron chi connectivity index (χ4n) is 1.98. The molecule has 0 aliphatic carbocycles. The van der Waals surface area contributed by atoms with Crippen molar-refractivity contribution in [3.63, 3.8) is 0 Å². The van der Waals surface area contributed by atoms with Crippen molar-refractivity contribution < 1.29 is 14.3 Å². The van der Waals surface area contributed by atoms with Gasteiger partial charge in [-0.25, -0.2) is 0 Å². The van der Waals surface area contributed by atoms with Crippen LogP contribution in [0.15, 0.2) is 29.6 Å². The third-order valence-electron chi connectivity index (χ3n) is 3.02. The van der Waals surface area contributed by atoms with Crippen molar-refractivity contribution in [3.8, 4) is 5.75 Å². The lowest BCUT2D eigenvalue weighted by molar-refractivity contribution is -0.118. The first-order valence-corrected chi connectivity index (χ1v) is 7.17. The Morgan fingerprint density at radius 3 is 3.05 bits per heavy atom. The molecule has 6 nitrogen and oxygen atoms in total. The number of carbonyl (C=O) groups is 2. The molecule has 1 aliphatic heterocycles. The minimum absolute atomic E-state index is 0.0465. The number of rotatable bonds is 4. The number of ether oxygens (including phenoxy) is 1. The summed E-state index contributed by atoms with van der Waals surface area (Å²) >= 11 is 1.47. The van der Waals surface area contributed by atoms with E-state index in [9.17, 15) is 9.59 Å². The van der Waals surface area contributed by atoms with Crippen LogP contribution in [0.1, 0.15) is 15.2 Å². The highest BCUT2D eigenvalue weighted by Crippen LogP contribution is 2.30. The van der Waals surface area contributed by atoms with E-state index in [0.29, 0.717) is 23.5 Å². The zero-order chi connectivity index (χ0) is 14.8. The average Bonchev–Trinajstić information content (AvgIpc) is 2.93. The van der Waals surface area contributed by atoms with Crippen molar-refractivity contribution in [3.05, 3.63) is 40.1 Å². The summed E-state index contributed by atoms with van der Waals surface area (Å²) in [6.07, 6.45) is 0. The van der Waals surface area contributed by atoms with E-state index in [1.54, 1.807) is 17.5 Å². The van der Waals surface area contributed by atoms with Crippen molar-refractivity contribution in [2.24, 2.45) is 5.73 Å². The Labute approximate surface area is 124 Å². The van der Waals surface area contributed by atoms with Gasteiger partial charge >= 0.3 is 0 Å². The molecule has 2 aromatic rings. The summed E-state index contributed by atoms with van der Waals surface area (Å²) < 4.78 is 5.29. The first-order chi connectivity index (χ1) is 10.1. The van der Waals surface area contributed by atoms with Gasteiger partial charge in [0.2, 0.25) is 5.91 Å². The molecule has 0 saturated carbocycles. The van der Waals surface area contributed by atoms with Crippen molar-refractivity contribution in [1.29, 1.82) is 0 Å². The number of anilines is 2. The highest BCUT2D eigenvalue weighted by molar-refractivity contribution is 7.10. The van der Waals surface area contributed by atoms with Gasteiger partial charge in [0.25, 0.3) is 5.91 Å². The zero-order valence-electron chi connectivity index (χ0n) is 11.0. The largest absolute Gasteiger partial charge is 0.482 e. The first-order valence-electron chi connectivity index (χ1n) is 6.29. The lowest BCUT2D eigenvalue weighted by Crippen LogP contribution is -2.25. The average molecular weight is 303 g/mol. The maximum Gasteiger partial charge on any atom is 0.262 e. The van der Waals surface area contributed by atoms with Crippen LogP contribution in [0.5, 0.6) is 5.75 Å². The molecular formula is C14H13N3O3S. The molecule has 108 valence electrons. The predicted octanol–water partition coefficient (Wildman–Crippen LogP) is 1.79. The standard InChI is InChI=1S/C14H13N3O3S/c15-14(19)8-3-10(21-7-8)5-16-9-1-2-12-11(4-9)17-13(18)6-20-12/h1-4,7,16H,5-6H2,(H2,15,19)(H,17,18). The number of hydrogen-bond acceptors (Lipinski definition) is 5. The van der Waals surface area contributed by atoms with Gasteiger partial charge in [0.15, 0.2) is 6.61 Å². The predicted molar refractivity (Wildman–Crippen MR) is 80.7 cm³/mol. The molecule has 2 amide bonds. The molecule has 21 heavy (non-hydrogen) atoms. The van der Waals surface area contributed by atoms with Crippen LogP contribution in [-0.2, 0) is 11.3 Å². The normalized spacial score (nSPS) is 13.0. The molecule has 0 bridgehead atoms. The van der Waals surface area contributed by atoms with Gasteiger partial charge in [-0.05, 0) is 24.3 Å². The molecule has 0 saturated heterocycles. The molecule has 3 rings (SSSR count). The van der Waals surface area contributed by atoms with E-state index in [0.717, 1.165) is 10.6 Å². The molecule has 0 atom stereocenters. The van der Waals surface area contributed by atoms with Crippen LogP contribution in [-0.4, -0.2) is 18.4 Å². The van der Waals surface area contributed by atoms with Gasteiger partial charge in [0, 0.05) is 22.5 Å². The van der Waals surface area contributed by atoms with Gasteiger partial charge in [0.05, 0.1) is 11.3 Å². The number of hydrogen-bond donors (Lipinski definition) is 3. The number of nitrogens with one attached hydrogen (secondary N) is 2. The van der Waals surface area contributed by atoms with Crippen LogP contribution < -0.4 is 21.1 Å². The van der Waals surface area contributed by atoms with E-state index in [2.05, 4.69) is 10.6 Å². The second-order valence-corrected chi connectivity index (χ2v) is 5.56. The van der Waals surface area contributed by atoms with Crippen LogP contribution in [0.4, 0.5) is 11.4 Å². The Bertz CT molecular complexity index is 711. The second-order valence-electron chi connectivity index (χ2n) is 4.57. The summed E-state index contributed by atoms with van der Waals surface area (Å²) in [6, 6.07) is 7.26. The van der Waals surface area contributed by atoms with Crippen molar-refractivity contribution in [2.45, 2.75) is 6.54 Å². The number of benzene rings is 1. The maximum atomic E-state index is 11.3. The summed E-state index contributed by atoms with van der Waals surface area (Å²) in [7, 11) is 0. The van der Waals surface area contributed by atoms with Gasteiger partial charge in [-0.3, -0.25) is 9.59 Å². The van der Waals surface area contributed by atoms with Crippen LogP contribution in [0.2, 0.25) is 0 Å². The third-order valence-corrected chi connectivity index (χ3v) is 3.95. The summed E-state index contributed by atoms with van der Waals surface area (Å²) in [5, 5.41) is 7.72. The number of carbonyl (C=O) groups excluding carboxylic acids is 2. The van der Waals surface area contributed by atoms with Gasteiger partial charge in [-0.15, -0.1) is 11.3 Å². The molecule has 1 aromatic carbocycles. The van der Waals surface area contributed by atoms with Gasteiger partial charge in [-0.1, -0.05) is 0 Å². The molecule has 1 aromatic heterocycles. The van der Waals surface area contributed by atoms with Gasteiger partial charge < -0.3 is 21.1 Å². The Morgan fingerprint density at radius 2 is 2.29 bits per heavy atom. The number of primary amides is 1. The van der Waals surface area contributed by atoms with E-state index >= 15 is 0 Å². The fourth-order valence-corrected chi connectivity index (χ4v) is 2.80. The lowest BCUT2D eigenvalue weighted by atomic mass is 10.2. The van der Waals surface area contributed by atoms with E-state index in [1.165, 1.54) is 11.3 Å². The quantitative estimate of drug-likeness (QED) is 0.802.